The average molecular weight is 349 g/mol. The third-order valence-electron chi connectivity index (χ3n) is 3.19. The lowest BCUT2D eigenvalue weighted by Gasteiger charge is -2.23. The van der Waals surface area contributed by atoms with E-state index in [0.29, 0.717) is 18.8 Å². The maximum Gasteiger partial charge on any atom is 0.325 e. The first kappa shape index (κ1) is 17.4. The van der Waals surface area contributed by atoms with Crippen LogP contribution in [-0.2, 0) is 25.6 Å². The van der Waals surface area contributed by atoms with E-state index in [1.165, 1.54) is 0 Å². The Morgan fingerprint density at radius 2 is 2.00 bits per heavy atom. The van der Waals surface area contributed by atoms with Crippen LogP contribution in [-0.4, -0.2) is 42.9 Å². The van der Waals surface area contributed by atoms with Crippen molar-refractivity contribution in [1.82, 2.24) is 4.98 Å². The Morgan fingerprint density at radius 3 is 2.64 bits per heavy atom. The fraction of sp³-hybridized carbons (Fsp3) is 0.571. The number of esters is 1. The maximum atomic E-state index is 11.8. The van der Waals surface area contributed by atoms with Crippen molar-refractivity contribution in [1.29, 1.82) is 0 Å². The molecule has 2 N–H and O–H groups in total. The summed E-state index contributed by atoms with van der Waals surface area (Å²) in [5.74, 6) is -0.531. The molecule has 1 fully saturated rings. The number of halogens is 2. The van der Waals surface area contributed by atoms with Gasteiger partial charge >= 0.3 is 5.97 Å². The van der Waals surface area contributed by atoms with E-state index < -0.39 is 12.0 Å². The number of nitrogens with two attached hydrogens (primary N) is 1. The summed E-state index contributed by atoms with van der Waals surface area (Å²) in [4.78, 5) is 15.6. The number of pyridine rings is 1. The van der Waals surface area contributed by atoms with Crippen molar-refractivity contribution in [3.8, 4) is 0 Å². The summed E-state index contributed by atoms with van der Waals surface area (Å²) in [5, 5.41) is 0.483. The van der Waals surface area contributed by atoms with Crippen LogP contribution in [0.15, 0.2) is 12.1 Å². The molecular formula is C14H18Cl2N2O4. The molecule has 0 bridgehead atoms. The van der Waals surface area contributed by atoms with Crippen LogP contribution in [0.3, 0.4) is 0 Å². The number of aromatic nitrogens is 1. The Kier molecular flexibility index (Phi) is 6.85. The minimum Gasteiger partial charge on any atom is -0.460 e. The minimum absolute atomic E-state index is 0.0335. The van der Waals surface area contributed by atoms with Crippen molar-refractivity contribution in [2.45, 2.75) is 31.6 Å². The SMILES string of the molecule is N[C@@H](COC1CCOCC1)C(=O)OCc1cc(Cl)nc(Cl)c1. The number of ether oxygens (including phenoxy) is 3. The number of carbonyl (C=O) groups is 1. The number of hydrogen-bond acceptors (Lipinski definition) is 6. The zero-order valence-electron chi connectivity index (χ0n) is 12.0. The zero-order chi connectivity index (χ0) is 15.9. The smallest absolute Gasteiger partial charge is 0.325 e. The third-order valence-corrected chi connectivity index (χ3v) is 3.57. The number of nitrogens with zero attached hydrogens (tertiary/aromatic N) is 1. The van der Waals surface area contributed by atoms with Crippen LogP contribution in [0.5, 0.6) is 0 Å². The highest BCUT2D eigenvalue weighted by Gasteiger charge is 2.20. The van der Waals surface area contributed by atoms with Crippen LogP contribution in [0.1, 0.15) is 18.4 Å². The number of carbonyl (C=O) groups excluding carboxylic acids is 1. The van der Waals surface area contributed by atoms with Gasteiger partial charge in [-0.15, -0.1) is 0 Å². The third kappa shape index (κ3) is 5.70. The van der Waals surface area contributed by atoms with Crippen LogP contribution in [0.25, 0.3) is 0 Å². The molecule has 1 aliphatic heterocycles. The van der Waals surface area contributed by atoms with Gasteiger partial charge in [-0.2, -0.15) is 0 Å². The van der Waals surface area contributed by atoms with Gasteiger partial charge in [-0.1, -0.05) is 23.2 Å². The van der Waals surface area contributed by atoms with E-state index in [9.17, 15) is 4.79 Å². The van der Waals surface area contributed by atoms with E-state index >= 15 is 0 Å². The molecule has 1 saturated heterocycles. The monoisotopic (exact) mass is 348 g/mol. The summed E-state index contributed by atoms with van der Waals surface area (Å²) >= 11 is 11.5. The molecule has 122 valence electrons. The van der Waals surface area contributed by atoms with Crippen LogP contribution < -0.4 is 5.73 Å². The van der Waals surface area contributed by atoms with E-state index in [2.05, 4.69) is 4.98 Å². The van der Waals surface area contributed by atoms with Crippen molar-refractivity contribution >= 4 is 29.2 Å². The lowest BCUT2D eigenvalue weighted by atomic mass is 10.1. The summed E-state index contributed by atoms with van der Waals surface area (Å²) in [5.41, 5.74) is 6.41. The lowest BCUT2D eigenvalue weighted by molar-refractivity contribution is -0.149. The summed E-state index contributed by atoms with van der Waals surface area (Å²) in [6.07, 6.45) is 1.72. The topological polar surface area (TPSA) is 83.7 Å². The fourth-order valence-corrected chi connectivity index (χ4v) is 2.52. The molecule has 1 atom stereocenters. The normalized spacial score (nSPS) is 17.2. The first-order valence-electron chi connectivity index (χ1n) is 6.98. The van der Waals surface area contributed by atoms with Crippen molar-refractivity contribution in [3.05, 3.63) is 28.0 Å². The quantitative estimate of drug-likeness (QED) is 0.624. The van der Waals surface area contributed by atoms with Gasteiger partial charge in [0.2, 0.25) is 0 Å². The van der Waals surface area contributed by atoms with Crippen molar-refractivity contribution < 1.29 is 19.0 Å². The predicted molar refractivity (Wildman–Crippen MR) is 81.8 cm³/mol. The second-order valence-corrected chi connectivity index (χ2v) is 5.75. The molecule has 2 rings (SSSR count). The Bertz CT molecular complexity index is 489. The van der Waals surface area contributed by atoms with E-state index in [0.717, 1.165) is 12.8 Å². The summed E-state index contributed by atoms with van der Waals surface area (Å²) < 4.78 is 16.0. The standard InChI is InChI=1S/C14H18Cl2N2O4/c15-12-5-9(6-13(16)18-12)7-22-14(19)11(17)8-21-10-1-3-20-4-2-10/h5-6,10-11H,1-4,7-8,17H2/t11-/m0/s1. The van der Waals surface area contributed by atoms with Crippen LogP contribution in [0, 0.1) is 0 Å². The van der Waals surface area contributed by atoms with Gasteiger partial charge in [0, 0.05) is 13.2 Å². The molecule has 0 amide bonds. The van der Waals surface area contributed by atoms with Gasteiger partial charge in [-0.25, -0.2) is 4.98 Å². The molecule has 2 heterocycles. The summed E-state index contributed by atoms with van der Waals surface area (Å²) in [7, 11) is 0. The molecule has 8 heteroatoms. The molecule has 0 radical (unpaired) electrons. The molecule has 0 aliphatic carbocycles. The van der Waals surface area contributed by atoms with E-state index in [1.807, 2.05) is 0 Å². The molecule has 6 nitrogen and oxygen atoms in total. The molecule has 0 spiro atoms. The Hall–Kier alpha value is -0.920. The van der Waals surface area contributed by atoms with Crippen LogP contribution in [0.4, 0.5) is 0 Å². The van der Waals surface area contributed by atoms with Gasteiger partial charge in [0.25, 0.3) is 0 Å². The molecule has 1 aromatic rings. The highest BCUT2D eigenvalue weighted by Crippen LogP contribution is 2.15. The molecule has 0 saturated carbocycles. The van der Waals surface area contributed by atoms with Crippen LogP contribution in [0.2, 0.25) is 10.3 Å². The van der Waals surface area contributed by atoms with Gasteiger partial charge in [-0.05, 0) is 30.5 Å². The molecule has 1 aromatic heterocycles. The fourth-order valence-electron chi connectivity index (χ4n) is 2.01. The van der Waals surface area contributed by atoms with E-state index in [-0.39, 0.29) is 29.6 Å². The predicted octanol–water partition coefficient (Wildman–Crippen LogP) is 1.95. The Balaban J connectivity index is 1.73. The Morgan fingerprint density at radius 1 is 1.36 bits per heavy atom. The second-order valence-electron chi connectivity index (χ2n) is 4.98. The van der Waals surface area contributed by atoms with Crippen molar-refractivity contribution in [3.63, 3.8) is 0 Å². The molecule has 0 unspecified atom stereocenters. The summed E-state index contributed by atoms with van der Waals surface area (Å²) in [6.45, 7) is 1.51. The van der Waals surface area contributed by atoms with Gasteiger partial charge in [-0.3, -0.25) is 4.79 Å². The van der Waals surface area contributed by atoms with Crippen LogP contribution >= 0.6 is 23.2 Å². The highest BCUT2D eigenvalue weighted by molar-refractivity contribution is 6.32. The van der Waals surface area contributed by atoms with Gasteiger partial charge in [0.15, 0.2) is 0 Å². The van der Waals surface area contributed by atoms with Gasteiger partial charge < -0.3 is 19.9 Å². The summed E-state index contributed by atoms with van der Waals surface area (Å²) in [6, 6.07) is 2.32. The van der Waals surface area contributed by atoms with E-state index in [4.69, 9.17) is 43.1 Å². The maximum absolute atomic E-state index is 11.8. The first-order chi connectivity index (χ1) is 10.5. The highest BCUT2D eigenvalue weighted by atomic mass is 35.5. The lowest BCUT2D eigenvalue weighted by Crippen LogP contribution is -2.38. The van der Waals surface area contributed by atoms with Gasteiger partial charge in [0.05, 0.1) is 12.7 Å². The van der Waals surface area contributed by atoms with Gasteiger partial charge in [0.1, 0.15) is 23.0 Å². The minimum atomic E-state index is -0.823. The van der Waals surface area contributed by atoms with Crippen molar-refractivity contribution in [2.75, 3.05) is 19.8 Å². The largest absolute Gasteiger partial charge is 0.460 e. The van der Waals surface area contributed by atoms with E-state index in [1.54, 1.807) is 12.1 Å². The Labute approximate surface area is 138 Å². The number of hydrogen-bond donors (Lipinski definition) is 1. The molecule has 22 heavy (non-hydrogen) atoms. The average Bonchev–Trinajstić information content (AvgIpc) is 2.50. The zero-order valence-corrected chi connectivity index (χ0v) is 13.5. The number of rotatable bonds is 6. The first-order valence-corrected chi connectivity index (χ1v) is 7.73. The molecular weight excluding hydrogens is 331 g/mol. The molecule has 1 aliphatic rings. The van der Waals surface area contributed by atoms with Crippen molar-refractivity contribution in [2.24, 2.45) is 5.73 Å². The molecule has 0 aromatic carbocycles. The second kappa shape index (κ2) is 8.64.